The fourth-order valence-corrected chi connectivity index (χ4v) is 2.50. The first-order valence-electron chi connectivity index (χ1n) is 8.94. The lowest BCUT2D eigenvalue weighted by atomic mass is 10.2. The number of aliphatic imine (C=N–C) groups is 1. The third-order valence-electron chi connectivity index (χ3n) is 3.91. The van der Waals surface area contributed by atoms with Crippen LogP contribution in [0.3, 0.4) is 0 Å². The molecule has 0 saturated heterocycles. The number of carbonyl (C=O) groups is 1. The number of guanidine groups is 1. The van der Waals surface area contributed by atoms with Gasteiger partial charge in [-0.25, -0.2) is 9.98 Å². The zero-order chi connectivity index (χ0) is 19.8. The van der Waals surface area contributed by atoms with Crippen LogP contribution in [0, 0.1) is 0 Å². The number of benzene rings is 1. The molecular weight excluding hydrogens is 485 g/mol. The Morgan fingerprint density at radius 1 is 1.24 bits per heavy atom. The maximum absolute atomic E-state index is 12.1. The maximum Gasteiger partial charge on any atom is 0.291 e. The van der Waals surface area contributed by atoms with Crippen molar-refractivity contribution in [3.63, 3.8) is 0 Å². The lowest BCUT2D eigenvalue weighted by Gasteiger charge is -2.11. The van der Waals surface area contributed by atoms with E-state index in [0.717, 1.165) is 17.9 Å². The maximum atomic E-state index is 12.1. The molecule has 10 heteroatoms. The van der Waals surface area contributed by atoms with Crippen LogP contribution in [0.4, 0.5) is 5.69 Å². The number of carbonyl (C=O) groups excluding carboxylic acids is 1. The van der Waals surface area contributed by atoms with Crippen molar-refractivity contribution in [1.82, 2.24) is 25.4 Å². The second kappa shape index (κ2) is 11.2. The molecule has 0 fully saturated rings. The first-order valence-corrected chi connectivity index (χ1v) is 8.94. The Morgan fingerprint density at radius 3 is 2.79 bits per heavy atom. The van der Waals surface area contributed by atoms with E-state index in [2.05, 4.69) is 31.0 Å². The molecule has 0 aliphatic carbocycles. The first kappa shape index (κ1) is 22.4. The molecule has 1 amide bonds. The summed E-state index contributed by atoms with van der Waals surface area (Å²) in [6, 6.07) is 10.8. The molecular formula is C19H24IN7O2. The predicted molar refractivity (Wildman–Crippen MR) is 121 cm³/mol. The monoisotopic (exact) mass is 509 g/mol. The molecule has 0 radical (unpaired) electrons. The van der Waals surface area contributed by atoms with Gasteiger partial charge in [0.05, 0.1) is 19.4 Å². The number of aromatic nitrogens is 3. The van der Waals surface area contributed by atoms with Gasteiger partial charge in [0.15, 0.2) is 11.7 Å². The van der Waals surface area contributed by atoms with E-state index in [4.69, 9.17) is 4.42 Å². The lowest BCUT2D eigenvalue weighted by molar-refractivity contribution is 0.0996. The summed E-state index contributed by atoms with van der Waals surface area (Å²) in [7, 11) is 1.84. The second-order valence-electron chi connectivity index (χ2n) is 5.98. The van der Waals surface area contributed by atoms with E-state index in [-0.39, 0.29) is 35.6 Å². The Bertz CT molecular complexity index is 938. The van der Waals surface area contributed by atoms with E-state index in [0.29, 0.717) is 24.7 Å². The summed E-state index contributed by atoms with van der Waals surface area (Å²) < 4.78 is 6.82. The number of halogens is 1. The van der Waals surface area contributed by atoms with Crippen molar-refractivity contribution in [2.24, 2.45) is 12.0 Å². The Balaban J connectivity index is 0.00000300. The fourth-order valence-electron chi connectivity index (χ4n) is 2.50. The number of nitrogens with zero attached hydrogens (tertiary/aromatic N) is 4. The molecule has 0 unspecified atom stereocenters. The van der Waals surface area contributed by atoms with E-state index >= 15 is 0 Å². The van der Waals surface area contributed by atoms with E-state index in [1.165, 1.54) is 12.6 Å². The fraction of sp³-hybridized carbons (Fsp3) is 0.263. The highest BCUT2D eigenvalue weighted by Crippen LogP contribution is 2.13. The number of anilines is 1. The highest BCUT2D eigenvalue weighted by molar-refractivity contribution is 14.0. The average molecular weight is 509 g/mol. The average Bonchev–Trinajstić information content (AvgIpc) is 3.36. The quantitative estimate of drug-likeness (QED) is 0.257. The van der Waals surface area contributed by atoms with Crippen molar-refractivity contribution in [3.05, 3.63) is 66.1 Å². The highest BCUT2D eigenvalue weighted by atomic mass is 127. The SMILES string of the molecule is CCNC(=NCc1cccc(NC(=O)c2ccco2)c1)NCc1ncnn1C.I. The van der Waals surface area contributed by atoms with E-state index < -0.39 is 0 Å². The van der Waals surface area contributed by atoms with Gasteiger partial charge >= 0.3 is 0 Å². The van der Waals surface area contributed by atoms with Gasteiger partial charge in [-0.2, -0.15) is 5.10 Å². The van der Waals surface area contributed by atoms with Gasteiger partial charge in [-0.05, 0) is 36.8 Å². The topological polar surface area (TPSA) is 109 Å². The number of hydrogen-bond acceptors (Lipinski definition) is 5. The van der Waals surface area contributed by atoms with Gasteiger partial charge in [-0.3, -0.25) is 9.48 Å². The molecule has 0 bridgehead atoms. The molecule has 3 N–H and O–H groups in total. The molecule has 154 valence electrons. The zero-order valence-electron chi connectivity index (χ0n) is 16.3. The molecule has 2 heterocycles. The molecule has 0 saturated carbocycles. The number of rotatable bonds is 7. The van der Waals surface area contributed by atoms with Crippen molar-refractivity contribution in [1.29, 1.82) is 0 Å². The van der Waals surface area contributed by atoms with Crippen LogP contribution in [-0.2, 0) is 20.1 Å². The first-order chi connectivity index (χ1) is 13.7. The number of furan rings is 1. The molecule has 3 aromatic rings. The van der Waals surface area contributed by atoms with Crippen LogP contribution in [0.1, 0.15) is 28.9 Å². The van der Waals surface area contributed by atoms with Crippen molar-refractivity contribution in [2.45, 2.75) is 20.0 Å². The normalized spacial score (nSPS) is 10.9. The Kier molecular flexibility index (Phi) is 8.65. The standard InChI is InChI=1S/C19H23N7O2.HI/c1-3-20-19(22-12-17-23-13-24-26(17)2)21-11-14-6-4-7-15(10-14)25-18(27)16-8-5-9-28-16;/h4-10,13H,3,11-12H2,1-2H3,(H,25,27)(H2,20,21,22);1H. The number of amides is 1. The third-order valence-corrected chi connectivity index (χ3v) is 3.91. The van der Waals surface area contributed by atoms with Gasteiger partial charge in [0.2, 0.25) is 0 Å². The minimum Gasteiger partial charge on any atom is -0.459 e. The Morgan fingerprint density at radius 2 is 2.10 bits per heavy atom. The van der Waals surface area contributed by atoms with Gasteiger partial charge in [0, 0.05) is 19.3 Å². The summed E-state index contributed by atoms with van der Waals surface area (Å²) in [5.74, 6) is 1.47. The van der Waals surface area contributed by atoms with Crippen LogP contribution in [-0.4, -0.2) is 33.2 Å². The predicted octanol–water partition coefficient (Wildman–Crippen LogP) is 2.53. The van der Waals surface area contributed by atoms with Crippen LogP contribution >= 0.6 is 24.0 Å². The molecule has 3 rings (SSSR count). The number of aryl methyl sites for hydroxylation is 1. The Labute approximate surface area is 186 Å². The molecule has 0 atom stereocenters. The van der Waals surface area contributed by atoms with Crippen molar-refractivity contribution >= 4 is 41.5 Å². The molecule has 0 aliphatic heterocycles. The lowest BCUT2D eigenvalue weighted by Crippen LogP contribution is -2.37. The molecule has 9 nitrogen and oxygen atoms in total. The van der Waals surface area contributed by atoms with E-state index in [1.807, 2.05) is 38.2 Å². The largest absolute Gasteiger partial charge is 0.459 e. The summed E-state index contributed by atoms with van der Waals surface area (Å²) in [5, 5.41) is 13.3. The molecule has 1 aromatic carbocycles. The summed E-state index contributed by atoms with van der Waals surface area (Å²) in [4.78, 5) is 20.9. The number of hydrogen-bond donors (Lipinski definition) is 3. The van der Waals surface area contributed by atoms with Gasteiger partial charge in [-0.15, -0.1) is 24.0 Å². The summed E-state index contributed by atoms with van der Waals surface area (Å²) in [6.07, 6.45) is 2.99. The van der Waals surface area contributed by atoms with Crippen LogP contribution in [0.5, 0.6) is 0 Å². The molecule has 29 heavy (non-hydrogen) atoms. The zero-order valence-corrected chi connectivity index (χ0v) is 18.6. The van der Waals surface area contributed by atoms with Gasteiger partial charge < -0.3 is 20.4 Å². The van der Waals surface area contributed by atoms with Crippen molar-refractivity contribution in [2.75, 3.05) is 11.9 Å². The smallest absolute Gasteiger partial charge is 0.291 e. The van der Waals surface area contributed by atoms with Crippen LogP contribution in [0.25, 0.3) is 0 Å². The van der Waals surface area contributed by atoms with Crippen LogP contribution < -0.4 is 16.0 Å². The van der Waals surface area contributed by atoms with Gasteiger partial charge in [0.25, 0.3) is 5.91 Å². The third kappa shape index (κ3) is 6.59. The second-order valence-corrected chi connectivity index (χ2v) is 5.98. The summed E-state index contributed by atoms with van der Waals surface area (Å²) in [5.41, 5.74) is 1.65. The molecule has 0 spiro atoms. The molecule has 2 aromatic heterocycles. The Hall–Kier alpha value is -2.89. The molecule has 0 aliphatic rings. The van der Waals surface area contributed by atoms with Gasteiger partial charge in [0.1, 0.15) is 12.2 Å². The summed E-state index contributed by atoms with van der Waals surface area (Å²) >= 11 is 0. The number of nitrogens with one attached hydrogen (secondary N) is 3. The van der Waals surface area contributed by atoms with E-state index in [9.17, 15) is 4.79 Å². The minimum absolute atomic E-state index is 0. The summed E-state index contributed by atoms with van der Waals surface area (Å²) in [6.45, 7) is 3.72. The van der Waals surface area contributed by atoms with Crippen LogP contribution in [0.15, 0.2) is 58.4 Å². The van der Waals surface area contributed by atoms with E-state index in [1.54, 1.807) is 16.8 Å². The van der Waals surface area contributed by atoms with Crippen molar-refractivity contribution < 1.29 is 9.21 Å². The van der Waals surface area contributed by atoms with Crippen molar-refractivity contribution in [3.8, 4) is 0 Å². The minimum atomic E-state index is -0.288. The van der Waals surface area contributed by atoms with Gasteiger partial charge in [-0.1, -0.05) is 12.1 Å². The van der Waals surface area contributed by atoms with Crippen LogP contribution in [0.2, 0.25) is 0 Å². The highest BCUT2D eigenvalue weighted by Gasteiger charge is 2.09.